The van der Waals surface area contributed by atoms with Gasteiger partial charge in [0.1, 0.15) is 5.69 Å². The molecule has 6 nitrogen and oxygen atoms in total. The van der Waals surface area contributed by atoms with Gasteiger partial charge < -0.3 is 10.6 Å². The highest BCUT2D eigenvalue weighted by molar-refractivity contribution is 6.05. The van der Waals surface area contributed by atoms with E-state index in [1.807, 2.05) is 0 Å². The summed E-state index contributed by atoms with van der Waals surface area (Å²) in [5.41, 5.74) is -0.716. The van der Waals surface area contributed by atoms with E-state index in [1.54, 1.807) is 0 Å². The van der Waals surface area contributed by atoms with Gasteiger partial charge in [-0.1, -0.05) is 0 Å². The van der Waals surface area contributed by atoms with Crippen LogP contribution in [0.4, 0.5) is 30.2 Å². The molecule has 0 radical (unpaired) electrons. The fraction of sp³-hybridized carbons (Fsp3) is 0.133. The van der Waals surface area contributed by atoms with E-state index in [2.05, 4.69) is 10.6 Å². The number of carbonyl (C=O) groups excluding carboxylic acids is 1. The third-order valence-electron chi connectivity index (χ3n) is 3.20. The maximum Gasteiger partial charge on any atom is 0.416 e. The molecule has 2 rings (SSSR count). The quantitative estimate of drug-likeness (QED) is 0.653. The number of benzene rings is 2. The Bertz CT molecular complexity index is 774. The van der Waals surface area contributed by atoms with Gasteiger partial charge in [0.05, 0.1) is 10.5 Å². The van der Waals surface area contributed by atoms with Crippen LogP contribution in [0, 0.1) is 10.1 Å². The Morgan fingerprint density at radius 2 is 1.75 bits per heavy atom. The highest BCUT2D eigenvalue weighted by Gasteiger charge is 2.30. The first-order chi connectivity index (χ1) is 11.2. The van der Waals surface area contributed by atoms with Gasteiger partial charge in [0.15, 0.2) is 0 Å². The second kappa shape index (κ2) is 6.57. The van der Waals surface area contributed by atoms with Crippen molar-refractivity contribution < 1.29 is 22.9 Å². The molecule has 0 fully saturated rings. The van der Waals surface area contributed by atoms with E-state index in [4.69, 9.17) is 0 Å². The number of anilines is 2. The SMILES string of the molecule is CNc1ccc(C(=O)Nc2ccc(C(F)(F)F)cc2)cc1[N+](=O)[O-]. The lowest BCUT2D eigenvalue weighted by molar-refractivity contribution is -0.384. The molecule has 0 aliphatic carbocycles. The number of nitro benzene ring substituents is 1. The van der Waals surface area contributed by atoms with E-state index < -0.39 is 22.6 Å². The highest BCUT2D eigenvalue weighted by Crippen LogP contribution is 2.30. The molecular formula is C15H12F3N3O3. The molecule has 1 amide bonds. The monoisotopic (exact) mass is 339 g/mol. The van der Waals surface area contributed by atoms with Gasteiger partial charge in [-0.25, -0.2) is 0 Å². The first-order valence-corrected chi connectivity index (χ1v) is 6.67. The third kappa shape index (κ3) is 3.80. The summed E-state index contributed by atoms with van der Waals surface area (Å²) in [7, 11) is 1.50. The molecule has 2 N–H and O–H groups in total. The largest absolute Gasteiger partial charge is 0.416 e. The summed E-state index contributed by atoms with van der Waals surface area (Å²) in [5.74, 6) is -0.666. The van der Waals surface area contributed by atoms with Crippen molar-refractivity contribution in [3.8, 4) is 0 Å². The van der Waals surface area contributed by atoms with Crippen molar-refractivity contribution in [2.45, 2.75) is 6.18 Å². The number of amides is 1. The fourth-order valence-corrected chi connectivity index (χ4v) is 1.98. The van der Waals surface area contributed by atoms with Gasteiger partial charge >= 0.3 is 6.18 Å². The zero-order valence-corrected chi connectivity index (χ0v) is 12.3. The number of hydrogen-bond acceptors (Lipinski definition) is 4. The van der Waals surface area contributed by atoms with Gasteiger partial charge in [-0.15, -0.1) is 0 Å². The molecule has 2 aromatic rings. The van der Waals surface area contributed by atoms with Crippen LogP contribution in [0.3, 0.4) is 0 Å². The number of nitrogens with zero attached hydrogens (tertiary/aromatic N) is 1. The number of alkyl halides is 3. The fourth-order valence-electron chi connectivity index (χ4n) is 1.98. The summed E-state index contributed by atoms with van der Waals surface area (Å²) < 4.78 is 37.4. The molecular weight excluding hydrogens is 327 g/mol. The number of nitrogens with one attached hydrogen (secondary N) is 2. The maximum atomic E-state index is 12.5. The molecule has 0 aliphatic heterocycles. The molecule has 0 heterocycles. The molecule has 2 aromatic carbocycles. The predicted molar refractivity (Wildman–Crippen MR) is 82.0 cm³/mol. The average molecular weight is 339 g/mol. The van der Waals surface area contributed by atoms with Crippen LogP contribution in [-0.2, 0) is 6.18 Å². The van der Waals surface area contributed by atoms with Crippen LogP contribution in [0.5, 0.6) is 0 Å². The molecule has 126 valence electrons. The van der Waals surface area contributed by atoms with E-state index in [0.29, 0.717) is 0 Å². The summed E-state index contributed by atoms with van der Waals surface area (Å²) in [4.78, 5) is 22.4. The molecule has 0 bridgehead atoms. The number of hydrogen-bond donors (Lipinski definition) is 2. The summed E-state index contributed by atoms with van der Waals surface area (Å²) in [6, 6.07) is 7.72. The lowest BCUT2D eigenvalue weighted by atomic mass is 10.1. The average Bonchev–Trinajstić information content (AvgIpc) is 2.53. The number of halogens is 3. The van der Waals surface area contributed by atoms with E-state index >= 15 is 0 Å². The van der Waals surface area contributed by atoms with E-state index in [9.17, 15) is 28.1 Å². The minimum atomic E-state index is -4.47. The van der Waals surface area contributed by atoms with E-state index in [0.717, 1.165) is 30.3 Å². The Labute approximate surface area is 134 Å². The van der Waals surface area contributed by atoms with Crippen molar-refractivity contribution in [1.29, 1.82) is 0 Å². The van der Waals surface area contributed by atoms with Gasteiger partial charge in [0, 0.05) is 24.4 Å². The van der Waals surface area contributed by atoms with Crippen LogP contribution in [0.2, 0.25) is 0 Å². The van der Waals surface area contributed by atoms with Crippen molar-refractivity contribution in [1.82, 2.24) is 0 Å². The Morgan fingerprint density at radius 1 is 1.12 bits per heavy atom. The minimum absolute atomic E-state index is 0.0144. The zero-order chi connectivity index (χ0) is 17.9. The summed E-state index contributed by atoms with van der Waals surface area (Å²) in [5, 5.41) is 16.0. The maximum absolute atomic E-state index is 12.5. The van der Waals surface area contributed by atoms with Crippen LogP contribution in [0.25, 0.3) is 0 Å². The van der Waals surface area contributed by atoms with Crippen LogP contribution in [0.1, 0.15) is 15.9 Å². The predicted octanol–water partition coefficient (Wildman–Crippen LogP) is 3.91. The van der Waals surface area contributed by atoms with Gasteiger partial charge in [-0.05, 0) is 36.4 Å². The van der Waals surface area contributed by atoms with Crippen LogP contribution in [-0.4, -0.2) is 17.9 Å². The molecule has 0 unspecified atom stereocenters. The second-order valence-corrected chi connectivity index (χ2v) is 4.77. The first kappa shape index (κ1) is 17.3. The van der Waals surface area contributed by atoms with Crippen LogP contribution < -0.4 is 10.6 Å². The third-order valence-corrected chi connectivity index (χ3v) is 3.20. The van der Waals surface area contributed by atoms with Crippen molar-refractivity contribution in [3.05, 3.63) is 63.7 Å². The summed E-state index contributed by atoms with van der Waals surface area (Å²) >= 11 is 0. The zero-order valence-electron chi connectivity index (χ0n) is 12.3. The Hall–Kier alpha value is -3.10. The van der Waals surface area contributed by atoms with Crippen LogP contribution >= 0.6 is 0 Å². The molecule has 0 saturated heterocycles. The van der Waals surface area contributed by atoms with Gasteiger partial charge in [0.25, 0.3) is 11.6 Å². The summed E-state index contributed by atoms with van der Waals surface area (Å²) in [6.07, 6.45) is -4.47. The minimum Gasteiger partial charge on any atom is -0.383 e. The Balaban J connectivity index is 2.21. The van der Waals surface area contributed by atoms with Gasteiger partial charge in [0.2, 0.25) is 0 Å². The molecule has 9 heteroatoms. The Morgan fingerprint density at radius 3 is 2.25 bits per heavy atom. The number of nitro groups is 1. The van der Waals surface area contributed by atoms with Crippen LogP contribution in [0.15, 0.2) is 42.5 Å². The van der Waals surface area contributed by atoms with Crippen molar-refractivity contribution in [3.63, 3.8) is 0 Å². The van der Waals surface area contributed by atoms with E-state index in [1.165, 1.54) is 19.2 Å². The smallest absolute Gasteiger partial charge is 0.383 e. The normalized spacial score (nSPS) is 11.0. The lowest BCUT2D eigenvalue weighted by Gasteiger charge is -2.09. The first-order valence-electron chi connectivity index (χ1n) is 6.67. The van der Waals surface area contributed by atoms with Gasteiger partial charge in [-0.3, -0.25) is 14.9 Å². The van der Waals surface area contributed by atoms with Crippen molar-refractivity contribution in [2.24, 2.45) is 0 Å². The van der Waals surface area contributed by atoms with E-state index in [-0.39, 0.29) is 22.6 Å². The number of rotatable bonds is 4. The Kier molecular flexibility index (Phi) is 4.72. The molecule has 0 aromatic heterocycles. The molecule has 24 heavy (non-hydrogen) atoms. The summed E-state index contributed by atoms with van der Waals surface area (Å²) in [6.45, 7) is 0. The molecule has 0 saturated carbocycles. The second-order valence-electron chi connectivity index (χ2n) is 4.77. The highest BCUT2D eigenvalue weighted by atomic mass is 19.4. The number of carbonyl (C=O) groups is 1. The molecule has 0 atom stereocenters. The van der Waals surface area contributed by atoms with Crippen molar-refractivity contribution >= 4 is 23.0 Å². The van der Waals surface area contributed by atoms with Gasteiger partial charge in [-0.2, -0.15) is 13.2 Å². The lowest BCUT2D eigenvalue weighted by Crippen LogP contribution is -2.13. The van der Waals surface area contributed by atoms with Crippen molar-refractivity contribution in [2.75, 3.05) is 17.7 Å². The standard InChI is InChI=1S/C15H12F3N3O3/c1-19-12-7-2-9(8-13(12)21(23)24)14(22)20-11-5-3-10(4-6-11)15(16,17)18/h2-8,19H,1H3,(H,20,22). The molecule has 0 aliphatic rings. The topological polar surface area (TPSA) is 84.3 Å². The molecule has 0 spiro atoms.